The monoisotopic (exact) mass is 256 g/mol. The van der Waals surface area contributed by atoms with E-state index < -0.39 is 0 Å². The van der Waals surface area contributed by atoms with Crippen LogP contribution in [0.3, 0.4) is 0 Å². The van der Waals surface area contributed by atoms with Crippen LogP contribution in [0.4, 0.5) is 0 Å². The predicted molar refractivity (Wildman–Crippen MR) is 81.6 cm³/mol. The minimum atomic E-state index is 0.592. The average molecular weight is 256 g/mol. The zero-order valence-corrected chi connectivity index (χ0v) is 12.2. The molecule has 0 spiro atoms. The van der Waals surface area contributed by atoms with Crippen LogP contribution in [0, 0.1) is 5.92 Å². The summed E-state index contributed by atoms with van der Waals surface area (Å²) in [6.45, 7) is 5.35. The number of rotatable bonds is 2. The van der Waals surface area contributed by atoms with Gasteiger partial charge in [0.25, 0.3) is 0 Å². The van der Waals surface area contributed by atoms with E-state index >= 15 is 0 Å². The second-order valence-corrected chi connectivity index (χ2v) is 6.26. The van der Waals surface area contributed by atoms with Crippen LogP contribution in [0.25, 0.3) is 10.9 Å². The number of hydrogen-bond acceptors (Lipinski definition) is 1. The van der Waals surface area contributed by atoms with Crippen molar-refractivity contribution in [1.82, 2.24) is 4.57 Å². The Balaban J connectivity index is 2.18. The molecule has 1 aromatic heterocycles. The van der Waals surface area contributed by atoms with E-state index in [1.807, 2.05) is 0 Å². The fourth-order valence-corrected chi connectivity index (χ4v) is 3.43. The Morgan fingerprint density at radius 2 is 2.16 bits per heavy atom. The Hall–Kier alpha value is -1.28. The summed E-state index contributed by atoms with van der Waals surface area (Å²) in [6, 6.07) is 6.97. The van der Waals surface area contributed by atoms with Gasteiger partial charge in [-0.3, -0.25) is 0 Å². The third kappa shape index (κ3) is 1.99. The van der Waals surface area contributed by atoms with Gasteiger partial charge in [0.15, 0.2) is 0 Å². The Morgan fingerprint density at radius 3 is 2.84 bits per heavy atom. The number of nitrogens with zero attached hydrogens (tertiary/aromatic N) is 1. The molecule has 0 saturated heterocycles. The molecule has 1 unspecified atom stereocenters. The SMILES string of the molecule is CC(C)c1ccc2c(c1)c1c(n2C)CCC(CN)C1. The molecular formula is C17H24N2. The molecule has 0 radical (unpaired) electrons. The fourth-order valence-electron chi connectivity index (χ4n) is 3.43. The van der Waals surface area contributed by atoms with E-state index in [4.69, 9.17) is 5.73 Å². The number of nitrogens with two attached hydrogens (primary N) is 1. The third-order valence-corrected chi connectivity index (χ3v) is 4.74. The Kier molecular flexibility index (Phi) is 3.14. The normalized spacial score (nSPS) is 19.1. The largest absolute Gasteiger partial charge is 0.347 e. The van der Waals surface area contributed by atoms with E-state index in [1.54, 1.807) is 5.56 Å². The van der Waals surface area contributed by atoms with Crippen molar-refractivity contribution in [2.45, 2.75) is 39.0 Å². The molecule has 1 heterocycles. The molecule has 0 saturated carbocycles. The maximum absolute atomic E-state index is 5.88. The summed E-state index contributed by atoms with van der Waals surface area (Å²) < 4.78 is 2.39. The summed E-state index contributed by atoms with van der Waals surface area (Å²) in [6.07, 6.45) is 3.58. The van der Waals surface area contributed by atoms with Gasteiger partial charge in [-0.2, -0.15) is 0 Å². The summed E-state index contributed by atoms with van der Waals surface area (Å²) >= 11 is 0. The molecule has 2 N–H and O–H groups in total. The first kappa shape index (κ1) is 12.7. The molecule has 1 aliphatic carbocycles. The number of aryl methyl sites for hydroxylation is 1. The quantitative estimate of drug-likeness (QED) is 0.877. The lowest BCUT2D eigenvalue weighted by atomic mass is 9.86. The molecule has 0 aliphatic heterocycles. The van der Waals surface area contributed by atoms with E-state index in [1.165, 1.54) is 35.0 Å². The minimum absolute atomic E-state index is 0.592. The summed E-state index contributed by atoms with van der Waals surface area (Å²) in [5, 5.41) is 1.46. The van der Waals surface area contributed by atoms with Crippen molar-refractivity contribution >= 4 is 10.9 Å². The summed E-state index contributed by atoms with van der Waals surface area (Å²) in [5.74, 6) is 1.26. The molecule has 0 fully saturated rings. The van der Waals surface area contributed by atoms with Crippen LogP contribution < -0.4 is 5.73 Å². The van der Waals surface area contributed by atoms with Gasteiger partial charge in [-0.25, -0.2) is 0 Å². The lowest BCUT2D eigenvalue weighted by molar-refractivity contribution is 0.462. The molecule has 3 rings (SSSR count). The summed E-state index contributed by atoms with van der Waals surface area (Å²) in [7, 11) is 2.21. The molecular weight excluding hydrogens is 232 g/mol. The van der Waals surface area contributed by atoms with Gasteiger partial charge in [-0.15, -0.1) is 0 Å². The predicted octanol–water partition coefficient (Wildman–Crippen LogP) is 3.37. The molecule has 19 heavy (non-hydrogen) atoms. The number of hydrogen-bond donors (Lipinski definition) is 1. The van der Waals surface area contributed by atoms with Gasteiger partial charge in [-0.1, -0.05) is 19.9 Å². The highest BCUT2D eigenvalue weighted by molar-refractivity contribution is 5.86. The average Bonchev–Trinajstić information content (AvgIpc) is 2.71. The standard InChI is InChI=1S/C17H24N2/c1-11(2)13-5-7-17-15(9-13)14-8-12(10-18)4-6-16(14)19(17)3/h5,7,9,11-12H,4,6,8,10,18H2,1-3H3. The van der Waals surface area contributed by atoms with E-state index in [0.717, 1.165) is 13.0 Å². The van der Waals surface area contributed by atoms with Crippen LogP contribution in [-0.4, -0.2) is 11.1 Å². The maximum atomic E-state index is 5.88. The molecule has 1 aromatic carbocycles. The molecule has 1 aliphatic rings. The third-order valence-electron chi connectivity index (χ3n) is 4.74. The topological polar surface area (TPSA) is 30.9 Å². The highest BCUT2D eigenvalue weighted by atomic mass is 15.0. The second-order valence-electron chi connectivity index (χ2n) is 6.26. The lowest BCUT2D eigenvalue weighted by Gasteiger charge is -2.22. The minimum Gasteiger partial charge on any atom is -0.347 e. The molecule has 0 amide bonds. The van der Waals surface area contributed by atoms with Crippen LogP contribution in [0.5, 0.6) is 0 Å². The van der Waals surface area contributed by atoms with E-state index in [0.29, 0.717) is 11.8 Å². The zero-order chi connectivity index (χ0) is 13.6. The van der Waals surface area contributed by atoms with Gasteiger partial charge in [0.05, 0.1) is 0 Å². The first-order valence-corrected chi connectivity index (χ1v) is 7.42. The molecule has 2 aromatic rings. The van der Waals surface area contributed by atoms with Crippen LogP contribution in [-0.2, 0) is 19.9 Å². The molecule has 0 bridgehead atoms. The van der Waals surface area contributed by atoms with Crippen LogP contribution in [0.1, 0.15) is 43.0 Å². The summed E-state index contributed by atoms with van der Waals surface area (Å²) in [5.41, 5.74) is 11.8. The highest BCUT2D eigenvalue weighted by Crippen LogP contribution is 2.34. The first-order chi connectivity index (χ1) is 9.11. The molecule has 102 valence electrons. The Bertz CT molecular complexity index is 607. The van der Waals surface area contributed by atoms with Crippen LogP contribution in [0.2, 0.25) is 0 Å². The smallest absolute Gasteiger partial charge is 0.0482 e. The summed E-state index contributed by atoms with van der Waals surface area (Å²) in [4.78, 5) is 0. The van der Waals surface area contributed by atoms with Crippen molar-refractivity contribution in [3.8, 4) is 0 Å². The van der Waals surface area contributed by atoms with Gasteiger partial charge >= 0.3 is 0 Å². The van der Waals surface area contributed by atoms with E-state index in [9.17, 15) is 0 Å². The van der Waals surface area contributed by atoms with Crippen molar-refractivity contribution in [2.75, 3.05) is 6.54 Å². The van der Waals surface area contributed by atoms with Gasteiger partial charge < -0.3 is 10.3 Å². The molecule has 2 heteroatoms. The maximum Gasteiger partial charge on any atom is 0.0482 e. The van der Waals surface area contributed by atoms with Crippen molar-refractivity contribution in [1.29, 1.82) is 0 Å². The second kappa shape index (κ2) is 4.68. The zero-order valence-electron chi connectivity index (χ0n) is 12.2. The number of aromatic nitrogens is 1. The highest BCUT2D eigenvalue weighted by Gasteiger charge is 2.23. The van der Waals surface area contributed by atoms with Crippen molar-refractivity contribution in [3.63, 3.8) is 0 Å². The van der Waals surface area contributed by atoms with Gasteiger partial charge in [0.2, 0.25) is 0 Å². The lowest BCUT2D eigenvalue weighted by Crippen LogP contribution is -2.22. The van der Waals surface area contributed by atoms with E-state index in [2.05, 4.69) is 43.7 Å². The van der Waals surface area contributed by atoms with Gasteiger partial charge in [0.1, 0.15) is 0 Å². The Labute approximate surface area is 115 Å². The van der Waals surface area contributed by atoms with Gasteiger partial charge in [-0.05, 0) is 60.9 Å². The van der Waals surface area contributed by atoms with Crippen molar-refractivity contribution in [3.05, 3.63) is 35.0 Å². The molecule has 1 atom stereocenters. The van der Waals surface area contributed by atoms with Crippen LogP contribution in [0.15, 0.2) is 18.2 Å². The number of benzene rings is 1. The van der Waals surface area contributed by atoms with Crippen molar-refractivity contribution in [2.24, 2.45) is 18.7 Å². The fraction of sp³-hybridized carbons (Fsp3) is 0.529. The Morgan fingerprint density at radius 1 is 1.37 bits per heavy atom. The van der Waals surface area contributed by atoms with Crippen LogP contribution >= 0.6 is 0 Å². The first-order valence-electron chi connectivity index (χ1n) is 7.42. The van der Waals surface area contributed by atoms with Crippen molar-refractivity contribution < 1.29 is 0 Å². The number of fused-ring (bicyclic) bond motifs is 3. The van der Waals surface area contributed by atoms with Gasteiger partial charge in [0, 0.05) is 23.6 Å². The van der Waals surface area contributed by atoms with E-state index in [-0.39, 0.29) is 0 Å². The molecule has 2 nitrogen and oxygen atoms in total.